The normalized spacial score (nSPS) is 9.90. The lowest BCUT2D eigenvalue weighted by atomic mass is 10.1. The van der Waals surface area contributed by atoms with Crippen LogP contribution in [0.2, 0.25) is 8.67 Å². The van der Waals surface area contributed by atoms with Crippen LogP contribution in [0.15, 0.2) is 228 Å². The van der Waals surface area contributed by atoms with Gasteiger partial charge in [-0.05, 0) is 41.9 Å². The van der Waals surface area contributed by atoms with Crippen LogP contribution in [0.1, 0.15) is 76.6 Å². The van der Waals surface area contributed by atoms with Crippen LogP contribution in [0.3, 0.4) is 0 Å². The molecule has 0 spiro atoms. The molecule has 0 aliphatic heterocycles. The molecule has 0 unspecified atom stereocenters. The van der Waals surface area contributed by atoms with Crippen molar-refractivity contribution in [3.63, 3.8) is 0 Å². The summed E-state index contributed by atoms with van der Waals surface area (Å²) in [5, 5.41) is 13.0. The number of primary amides is 1. The minimum absolute atomic E-state index is 0.0489. The van der Waals surface area contributed by atoms with E-state index in [0.29, 0.717) is 142 Å². The number of nitrogens with zero attached hydrogens (tertiary/aromatic N) is 14. The third-order valence-corrected chi connectivity index (χ3v) is 19.1. The fraction of sp³-hybridized carbons (Fsp3) is 0.138. The smallest absolute Gasteiger partial charge is 0.248 e. The number of rotatable bonds is 21. The van der Waals surface area contributed by atoms with Gasteiger partial charge in [-0.1, -0.05) is 210 Å². The molecule has 7 heterocycles. The van der Waals surface area contributed by atoms with Gasteiger partial charge >= 0.3 is 0 Å². The highest BCUT2D eigenvalue weighted by atomic mass is 79.9. The number of amidine groups is 1. The molecule has 0 radical (unpaired) electrons. The molecule has 26 nitrogen and oxygen atoms in total. The first-order valence-corrected chi connectivity index (χ1v) is 38.6. The molecular formula is C80H62Br3Cl2N17O9S2. The maximum absolute atomic E-state index is 12.1. The standard InChI is InChI=1S/C19H18ClN3O2S.C17H11ClN2O2S.C11H7BrN2O.C11H7N5O.C11H9N3O.C8H6N2O.C3H4Br2O/c1-23(2)18(21)12-3-5-13(6-4-12)19-22-14(11-25-19)7-8-15(24)16-9-10-17(20)26-16;1-19-12-4-2-11(3-5-12)17-20-13(10-22-17)6-7-14(21)15-8-9-16(18)23-15;1-13-9-4-2-8(3-5-9)11-14-10(6-12)7-15-11;1-13-9-4-2-8(3-5-9)11-15-10(7-17-11)6-14-16-12;1-13-9-4-2-8(3-5-9)11-14-10(6-12)7-15-11;1-10-7-4-2-6(3-5-7)8(9)11;4-1-3(6)2-5/h3-6,9-11,21H,7-8H2,1-2H3;2-5,8-10H,6-7H2;2-5,7H,6H2;2-5,7H,6H2;2-5,7H,6,12H2;2-5H,(H2,9,11);1-2H2. The second kappa shape index (κ2) is 46.2. The number of benzene rings is 6. The molecule has 0 aliphatic carbocycles. The van der Waals surface area contributed by atoms with E-state index < -0.39 is 5.91 Å². The summed E-state index contributed by atoms with van der Waals surface area (Å²) in [5.41, 5.74) is 30.5. The summed E-state index contributed by atoms with van der Waals surface area (Å²) in [5.74, 6) is 2.81. The quantitative estimate of drug-likeness (QED) is 0.00879. The van der Waals surface area contributed by atoms with Crippen LogP contribution in [0, 0.1) is 38.3 Å². The van der Waals surface area contributed by atoms with Gasteiger partial charge in [0.05, 0.1) is 97.0 Å². The average Bonchev–Trinajstić information content (AvgIpc) is 1.76. The van der Waals surface area contributed by atoms with Gasteiger partial charge in [0.15, 0.2) is 45.8 Å². The van der Waals surface area contributed by atoms with Gasteiger partial charge in [-0.25, -0.2) is 49.1 Å². The molecule has 0 saturated heterocycles. The van der Waals surface area contributed by atoms with Gasteiger partial charge < -0.3 is 38.5 Å². The van der Waals surface area contributed by atoms with E-state index in [1.54, 1.807) is 145 Å². The molecule has 6 aromatic carbocycles. The lowest BCUT2D eigenvalue weighted by molar-refractivity contribution is -0.114. The van der Waals surface area contributed by atoms with Crippen molar-refractivity contribution in [2.24, 2.45) is 16.6 Å². The molecule has 1 amide bonds. The number of carbonyl (C=O) groups excluding carboxylic acids is 4. The summed E-state index contributed by atoms with van der Waals surface area (Å²) < 4.78 is 28.0. The number of nitrogens with two attached hydrogens (primary N) is 2. The highest BCUT2D eigenvalue weighted by molar-refractivity contribution is 9.10. The second-order valence-corrected chi connectivity index (χ2v) is 27.9. The van der Waals surface area contributed by atoms with E-state index in [1.807, 2.05) is 50.5 Å². The molecule has 33 heteroatoms. The number of amides is 1. The molecule has 113 heavy (non-hydrogen) atoms. The number of nitrogens with one attached hydrogen (secondary N) is 1. The van der Waals surface area contributed by atoms with Crippen LogP contribution in [-0.2, 0) is 36.1 Å². The zero-order chi connectivity index (χ0) is 81.6. The number of oxazole rings is 5. The summed E-state index contributed by atoms with van der Waals surface area (Å²) in [6.07, 6.45) is 9.50. The SMILES string of the molecule is CN(C)C(=N)c1ccc(-c2nc(CCC(=O)c3ccc(Cl)s3)co2)cc1.O=C(CBr)CBr.[C-]#[N+]c1ccc(-c2nc(CBr)co2)cc1.[C-]#[N+]c1ccc(-c2nc(CCC(=O)c3ccc(Cl)s3)co2)cc1.[C-]#[N+]c1ccc(-c2nc(CN)co2)cc1.[C-]#[N+]c1ccc(-c2nc(CN=[N+]=[N-])co2)cc1.[C-]#[N+]c1ccc(C(N)=O)cc1. The van der Waals surface area contributed by atoms with Crippen LogP contribution in [0.4, 0.5) is 28.4 Å². The summed E-state index contributed by atoms with van der Waals surface area (Å²) in [7, 11) is 3.67. The van der Waals surface area contributed by atoms with Gasteiger partial charge in [-0.3, -0.25) is 24.6 Å². The van der Waals surface area contributed by atoms with E-state index in [9.17, 15) is 19.2 Å². The van der Waals surface area contributed by atoms with E-state index in [1.165, 1.54) is 47.3 Å². The minimum atomic E-state index is -0.471. The van der Waals surface area contributed by atoms with Crippen molar-refractivity contribution in [2.75, 3.05) is 24.8 Å². The van der Waals surface area contributed by atoms with E-state index in [4.69, 9.17) is 101 Å². The van der Waals surface area contributed by atoms with Crippen LogP contribution in [0.25, 0.3) is 91.9 Å². The summed E-state index contributed by atoms with van der Waals surface area (Å²) >= 11 is 23.6. The number of halogens is 5. The second-order valence-electron chi connectivity index (χ2n) is 22.8. The maximum Gasteiger partial charge on any atom is 0.248 e. The number of aryl methyl sites for hydroxylation is 2. The van der Waals surface area contributed by atoms with Crippen LogP contribution in [0.5, 0.6) is 0 Å². The summed E-state index contributed by atoms with van der Waals surface area (Å²) in [4.78, 5) is 88.4. The fourth-order valence-corrected chi connectivity index (χ4v) is 12.1. The number of ketones is 3. The van der Waals surface area contributed by atoms with Gasteiger partial charge in [0.25, 0.3) is 0 Å². The van der Waals surface area contributed by atoms with Crippen molar-refractivity contribution < 1.29 is 41.3 Å². The molecule has 13 rings (SSSR count). The van der Waals surface area contributed by atoms with Crippen molar-refractivity contribution >= 4 is 151 Å². The Balaban J connectivity index is 0.000000189. The molecule has 5 N–H and O–H groups in total. The van der Waals surface area contributed by atoms with Crippen molar-refractivity contribution in [3.05, 3.63) is 327 Å². The number of carbonyl (C=O) groups is 4. The first-order valence-electron chi connectivity index (χ1n) is 32.9. The summed E-state index contributed by atoms with van der Waals surface area (Å²) in [6.45, 7) is 34.6. The topological polar surface area (TPSA) is 348 Å². The fourth-order valence-electron chi connectivity index (χ4n) is 8.90. The Morgan fingerprint density at radius 2 is 0.770 bits per heavy atom. The maximum atomic E-state index is 12.1. The molecule has 0 atom stereocenters. The van der Waals surface area contributed by atoms with Crippen molar-refractivity contribution in [3.8, 4) is 57.3 Å². The van der Waals surface area contributed by atoms with E-state index in [2.05, 4.69) is 107 Å². The van der Waals surface area contributed by atoms with Crippen molar-refractivity contribution in [2.45, 2.75) is 44.1 Å². The Morgan fingerprint density at radius 1 is 0.469 bits per heavy atom. The average molecular weight is 1780 g/mol. The number of Topliss-reactive ketones (excluding diaryl/α,β-unsaturated/α-hetero) is 3. The number of alkyl halides is 3. The Labute approximate surface area is 691 Å². The van der Waals surface area contributed by atoms with Gasteiger partial charge in [-0.15, -0.1) is 22.7 Å². The highest BCUT2D eigenvalue weighted by Gasteiger charge is 2.16. The molecule has 7 aromatic heterocycles. The van der Waals surface area contributed by atoms with Crippen LogP contribution >= 0.6 is 93.7 Å². The molecule has 0 fully saturated rings. The largest absolute Gasteiger partial charge is 0.444 e. The Morgan fingerprint density at radius 3 is 1.04 bits per heavy atom. The monoisotopic (exact) mass is 1780 g/mol. The third-order valence-electron chi connectivity index (χ3n) is 14.7. The van der Waals surface area contributed by atoms with Gasteiger partial charge in [0.1, 0.15) is 37.2 Å². The lowest BCUT2D eigenvalue weighted by Crippen LogP contribution is -2.21. The third kappa shape index (κ3) is 28.4. The zero-order valence-corrected chi connectivity index (χ0v) is 67.6. The Hall–Kier alpha value is -12.5. The lowest BCUT2D eigenvalue weighted by Gasteiger charge is -2.13. The van der Waals surface area contributed by atoms with E-state index in [0.717, 1.165) is 56.2 Å². The number of aromatic nitrogens is 5. The van der Waals surface area contributed by atoms with Gasteiger partial charge in [0.2, 0.25) is 35.4 Å². The number of thiophene rings is 2. The molecule has 0 aliphatic rings. The molecule has 568 valence electrons. The van der Waals surface area contributed by atoms with E-state index in [-0.39, 0.29) is 23.9 Å². The number of hydrogen-bond acceptors (Lipinski definition) is 19. The van der Waals surface area contributed by atoms with Gasteiger partial charge in [-0.2, -0.15) is 0 Å². The summed E-state index contributed by atoms with van der Waals surface area (Å²) in [6, 6.07) is 48.8. The zero-order valence-electron chi connectivity index (χ0n) is 59.7. The van der Waals surface area contributed by atoms with Crippen LogP contribution in [-0.4, -0.2) is 83.7 Å². The number of hydrogen-bond donors (Lipinski definition) is 3. The highest BCUT2D eigenvalue weighted by Crippen LogP contribution is 2.30. The Kier molecular flexibility index (Phi) is 35.9. The van der Waals surface area contributed by atoms with E-state index >= 15 is 0 Å². The van der Waals surface area contributed by atoms with Crippen LogP contribution < -0.4 is 11.5 Å². The van der Waals surface area contributed by atoms with Crippen molar-refractivity contribution in [1.29, 1.82) is 5.41 Å². The van der Waals surface area contributed by atoms with Gasteiger partial charge in [0, 0.05) is 95.5 Å². The number of azide groups is 1. The minimum Gasteiger partial charge on any atom is -0.444 e. The van der Waals surface area contributed by atoms with Crippen molar-refractivity contribution in [1.82, 2.24) is 29.8 Å². The first-order chi connectivity index (χ1) is 54.6. The molecule has 0 bridgehead atoms. The molecule has 13 aromatic rings. The first kappa shape index (κ1) is 87.7. The Bertz CT molecular complexity index is 5480. The molecule has 0 saturated carbocycles. The predicted octanol–water partition coefficient (Wildman–Crippen LogP) is 22.7. The predicted molar refractivity (Wildman–Crippen MR) is 446 cm³/mol. The molecular weight excluding hydrogens is 1720 g/mol.